The van der Waals surface area contributed by atoms with Crippen molar-refractivity contribution in [3.05, 3.63) is 64.9 Å². The highest BCUT2D eigenvalue weighted by atomic mass is 35.5. The lowest BCUT2D eigenvalue weighted by Crippen LogP contribution is -2.47. The maximum atomic E-state index is 10.7. The van der Waals surface area contributed by atoms with Crippen LogP contribution in [0.1, 0.15) is 36.9 Å². The number of nitrogens with two attached hydrogens (primary N) is 1. The molecule has 0 aliphatic carbocycles. The standard InChI is InChI=1S/C21H26ClN3O3/c22-17-8-6-16(7-9-17)21(23,19-4-1-2-12-24-19)28-18-10-14-25(15-11-18)13-3-5-20(26)27/h1-2,4,6-9,12,18H,3,5,10-11,13-15,23H2,(H,26,27)/t21-/m0/s1. The van der Waals surface area contributed by atoms with Crippen LogP contribution >= 0.6 is 11.6 Å². The minimum atomic E-state index is -1.15. The Kier molecular flexibility index (Phi) is 7.02. The van der Waals surface area contributed by atoms with E-state index in [0.29, 0.717) is 17.1 Å². The first-order valence-electron chi connectivity index (χ1n) is 9.56. The number of carbonyl (C=O) groups is 1. The zero-order valence-corrected chi connectivity index (χ0v) is 16.5. The Morgan fingerprint density at radius 1 is 1.25 bits per heavy atom. The first-order valence-corrected chi connectivity index (χ1v) is 9.93. The third-order valence-corrected chi connectivity index (χ3v) is 5.32. The van der Waals surface area contributed by atoms with Crippen LogP contribution < -0.4 is 5.73 Å². The minimum Gasteiger partial charge on any atom is -0.481 e. The first kappa shape index (κ1) is 20.7. The van der Waals surface area contributed by atoms with Gasteiger partial charge in [0.15, 0.2) is 5.72 Å². The fraction of sp³-hybridized carbons (Fsp3) is 0.429. The number of pyridine rings is 1. The van der Waals surface area contributed by atoms with Gasteiger partial charge in [0.25, 0.3) is 0 Å². The van der Waals surface area contributed by atoms with Crippen molar-refractivity contribution in [2.24, 2.45) is 5.73 Å². The van der Waals surface area contributed by atoms with Crippen molar-refractivity contribution in [3.63, 3.8) is 0 Å². The molecule has 6 nitrogen and oxygen atoms in total. The average Bonchev–Trinajstić information content (AvgIpc) is 2.70. The molecule has 1 aromatic heterocycles. The van der Waals surface area contributed by atoms with Gasteiger partial charge in [0.2, 0.25) is 0 Å². The number of halogens is 1. The van der Waals surface area contributed by atoms with E-state index in [1.807, 2.05) is 30.3 Å². The minimum absolute atomic E-state index is 0.00147. The highest BCUT2D eigenvalue weighted by Gasteiger charge is 2.36. The molecular formula is C21H26ClN3O3. The maximum Gasteiger partial charge on any atom is 0.303 e. The summed E-state index contributed by atoms with van der Waals surface area (Å²) in [5.74, 6) is -0.746. The SMILES string of the molecule is N[C@](OC1CCN(CCCC(=O)O)CC1)(c1ccc(Cl)cc1)c1ccccn1. The van der Waals surface area contributed by atoms with Gasteiger partial charge in [-0.1, -0.05) is 29.8 Å². The molecule has 0 bridgehead atoms. The maximum absolute atomic E-state index is 10.7. The number of benzene rings is 1. The monoisotopic (exact) mass is 403 g/mol. The van der Waals surface area contributed by atoms with Crippen molar-refractivity contribution in [2.45, 2.75) is 37.5 Å². The Hall–Kier alpha value is -1.99. The van der Waals surface area contributed by atoms with Gasteiger partial charge in [-0.25, -0.2) is 0 Å². The molecule has 1 aromatic carbocycles. The number of aromatic nitrogens is 1. The zero-order chi connectivity index (χ0) is 20.0. The Morgan fingerprint density at radius 2 is 1.96 bits per heavy atom. The Balaban J connectivity index is 1.68. The summed E-state index contributed by atoms with van der Waals surface area (Å²) in [4.78, 5) is 17.4. The summed E-state index contributed by atoms with van der Waals surface area (Å²) < 4.78 is 6.43. The predicted octanol–water partition coefficient (Wildman–Crippen LogP) is 3.24. The van der Waals surface area contributed by atoms with E-state index in [-0.39, 0.29) is 12.5 Å². The molecule has 1 aliphatic heterocycles. The Bertz CT molecular complexity index is 764. The van der Waals surface area contributed by atoms with Crippen molar-refractivity contribution in [2.75, 3.05) is 19.6 Å². The van der Waals surface area contributed by atoms with Gasteiger partial charge in [0, 0.05) is 36.3 Å². The van der Waals surface area contributed by atoms with Crippen molar-refractivity contribution >= 4 is 17.6 Å². The van der Waals surface area contributed by atoms with Crippen molar-refractivity contribution in [3.8, 4) is 0 Å². The van der Waals surface area contributed by atoms with Crippen LogP contribution in [0.15, 0.2) is 48.7 Å². The van der Waals surface area contributed by atoms with E-state index in [9.17, 15) is 4.79 Å². The Morgan fingerprint density at radius 3 is 2.57 bits per heavy atom. The van der Waals surface area contributed by atoms with Crippen molar-refractivity contribution in [1.29, 1.82) is 0 Å². The van der Waals surface area contributed by atoms with E-state index in [0.717, 1.165) is 38.0 Å². The summed E-state index contributed by atoms with van der Waals surface area (Å²) in [5.41, 5.74) is 7.07. The van der Waals surface area contributed by atoms with E-state index < -0.39 is 11.7 Å². The van der Waals surface area contributed by atoms with Gasteiger partial charge in [-0.3, -0.25) is 15.5 Å². The molecule has 1 atom stereocenters. The number of nitrogens with zero attached hydrogens (tertiary/aromatic N) is 2. The second-order valence-electron chi connectivity index (χ2n) is 7.11. The molecule has 0 unspecified atom stereocenters. The third kappa shape index (κ3) is 5.29. The number of likely N-dealkylation sites (tertiary alicyclic amines) is 1. The van der Waals surface area contributed by atoms with Crippen LogP contribution in [0, 0.1) is 0 Å². The largest absolute Gasteiger partial charge is 0.481 e. The smallest absolute Gasteiger partial charge is 0.303 e. The summed E-state index contributed by atoms with van der Waals surface area (Å²) >= 11 is 6.04. The number of piperidine rings is 1. The molecule has 3 N–H and O–H groups in total. The molecule has 0 radical (unpaired) electrons. The summed E-state index contributed by atoms with van der Waals surface area (Å²) in [6, 6.07) is 13.0. The number of rotatable bonds is 8. The van der Waals surface area contributed by atoms with Crippen LogP contribution in [0.5, 0.6) is 0 Å². The van der Waals surface area contributed by atoms with Crippen molar-refractivity contribution in [1.82, 2.24) is 9.88 Å². The number of hydrogen-bond acceptors (Lipinski definition) is 5. The lowest BCUT2D eigenvalue weighted by atomic mass is 9.97. The molecule has 2 heterocycles. The molecule has 1 aliphatic rings. The van der Waals surface area contributed by atoms with Gasteiger partial charge in [-0.15, -0.1) is 0 Å². The van der Waals surface area contributed by atoms with Crippen LogP contribution in [-0.2, 0) is 15.3 Å². The molecule has 1 fully saturated rings. The number of aliphatic carboxylic acids is 1. The van der Waals surface area contributed by atoms with E-state index in [4.69, 9.17) is 27.2 Å². The number of carboxylic acids is 1. The van der Waals surface area contributed by atoms with E-state index in [2.05, 4.69) is 9.88 Å². The Labute approximate surface area is 170 Å². The van der Waals surface area contributed by atoms with Crippen LogP contribution in [0.25, 0.3) is 0 Å². The molecule has 0 spiro atoms. The van der Waals surface area contributed by atoms with Gasteiger partial charge in [-0.2, -0.15) is 0 Å². The molecule has 28 heavy (non-hydrogen) atoms. The number of hydrogen-bond donors (Lipinski definition) is 2. The van der Waals surface area contributed by atoms with Gasteiger partial charge in [-0.05, 0) is 50.1 Å². The molecular weight excluding hydrogens is 378 g/mol. The lowest BCUT2D eigenvalue weighted by molar-refractivity contribution is -0.137. The average molecular weight is 404 g/mol. The van der Waals surface area contributed by atoms with Crippen LogP contribution in [0.4, 0.5) is 0 Å². The second kappa shape index (κ2) is 9.47. The van der Waals surface area contributed by atoms with Gasteiger partial charge in [0.05, 0.1) is 11.8 Å². The van der Waals surface area contributed by atoms with Crippen molar-refractivity contribution < 1.29 is 14.6 Å². The van der Waals surface area contributed by atoms with Gasteiger partial charge >= 0.3 is 5.97 Å². The summed E-state index contributed by atoms with van der Waals surface area (Å²) in [6.07, 6.45) is 4.26. The normalized spacial score (nSPS) is 17.9. The van der Waals surface area contributed by atoms with Crippen LogP contribution in [-0.4, -0.2) is 46.7 Å². The van der Waals surface area contributed by atoms with Crippen LogP contribution in [0.3, 0.4) is 0 Å². The summed E-state index contributed by atoms with van der Waals surface area (Å²) in [7, 11) is 0. The van der Waals surface area contributed by atoms with Crippen LogP contribution in [0.2, 0.25) is 5.02 Å². The van der Waals surface area contributed by atoms with Gasteiger partial charge < -0.3 is 14.7 Å². The lowest BCUT2D eigenvalue weighted by Gasteiger charge is -2.38. The number of ether oxygens (including phenoxy) is 1. The molecule has 7 heteroatoms. The number of carboxylic acid groups (broad SMARTS) is 1. The van der Waals surface area contributed by atoms with E-state index in [1.165, 1.54) is 0 Å². The second-order valence-corrected chi connectivity index (χ2v) is 7.55. The zero-order valence-electron chi connectivity index (χ0n) is 15.8. The third-order valence-electron chi connectivity index (χ3n) is 5.07. The first-order chi connectivity index (χ1) is 13.5. The topological polar surface area (TPSA) is 88.7 Å². The quantitative estimate of drug-likeness (QED) is 0.658. The van der Waals surface area contributed by atoms with E-state index in [1.54, 1.807) is 18.3 Å². The molecule has 2 aromatic rings. The highest BCUT2D eigenvalue weighted by Crippen LogP contribution is 2.31. The van der Waals surface area contributed by atoms with Gasteiger partial charge in [0.1, 0.15) is 0 Å². The molecule has 3 rings (SSSR count). The molecule has 0 saturated carbocycles. The summed E-state index contributed by atoms with van der Waals surface area (Å²) in [5, 5.41) is 9.42. The fourth-order valence-corrected chi connectivity index (χ4v) is 3.65. The molecule has 1 saturated heterocycles. The fourth-order valence-electron chi connectivity index (χ4n) is 3.52. The molecule has 0 amide bonds. The highest BCUT2D eigenvalue weighted by molar-refractivity contribution is 6.30. The summed E-state index contributed by atoms with van der Waals surface area (Å²) in [6.45, 7) is 2.52. The predicted molar refractivity (Wildman–Crippen MR) is 108 cm³/mol. The van der Waals surface area contributed by atoms with E-state index >= 15 is 0 Å². The molecule has 150 valence electrons.